The summed E-state index contributed by atoms with van der Waals surface area (Å²) in [7, 11) is 1.74. The zero-order valence-electron chi connectivity index (χ0n) is 16.9. The zero-order chi connectivity index (χ0) is 18.4. The maximum Gasteiger partial charge on any atom is 0.119 e. The predicted molar refractivity (Wildman–Crippen MR) is 110 cm³/mol. The topological polar surface area (TPSA) is 9.23 Å². The number of hydrogen-bond acceptors (Lipinski definition) is 1. The molecule has 25 heavy (non-hydrogen) atoms. The maximum atomic E-state index is 5.43. The van der Waals surface area contributed by atoms with Gasteiger partial charge < -0.3 is 4.74 Å². The molecule has 1 unspecified atom stereocenters. The van der Waals surface area contributed by atoms with E-state index in [0.29, 0.717) is 11.3 Å². The molecular formula is C24H34O. The first-order chi connectivity index (χ1) is 12.0. The van der Waals surface area contributed by atoms with Gasteiger partial charge >= 0.3 is 0 Å². The van der Waals surface area contributed by atoms with Crippen molar-refractivity contribution in [1.82, 2.24) is 0 Å². The Kier molecular flexibility index (Phi) is 6.70. The molecule has 0 aromatic heterocycles. The summed E-state index contributed by atoms with van der Waals surface area (Å²) >= 11 is 0. The first-order valence-electron chi connectivity index (χ1n) is 9.82. The van der Waals surface area contributed by atoms with E-state index < -0.39 is 0 Å². The number of rotatable bonds is 4. The third kappa shape index (κ3) is 4.26. The van der Waals surface area contributed by atoms with E-state index >= 15 is 0 Å². The largest absolute Gasteiger partial charge is 0.497 e. The van der Waals surface area contributed by atoms with Crippen LogP contribution in [0.15, 0.2) is 42.5 Å². The fraction of sp³-hybridized carbons (Fsp3) is 0.500. The van der Waals surface area contributed by atoms with Gasteiger partial charge in [0.2, 0.25) is 0 Å². The molecule has 0 radical (unpaired) electrons. The minimum Gasteiger partial charge on any atom is -0.497 e. The molecule has 1 nitrogen and oxygen atoms in total. The van der Waals surface area contributed by atoms with E-state index in [4.69, 9.17) is 4.74 Å². The molecular weight excluding hydrogens is 304 g/mol. The van der Waals surface area contributed by atoms with Crippen LogP contribution in [0.3, 0.4) is 0 Å². The normalized spacial score (nSPS) is 18.4. The summed E-state index contributed by atoms with van der Waals surface area (Å²) < 4.78 is 5.43. The molecule has 136 valence electrons. The summed E-state index contributed by atoms with van der Waals surface area (Å²) in [5.74, 6) is 1.58. The van der Waals surface area contributed by atoms with Gasteiger partial charge in [0.05, 0.1) is 7.11 Å². The lowest BCUT2D eigenvalue weighted by molar-refractivity contribution is 0.333. The summed E-state index contributed by atoms with van der Waals surface area (Å²) in [5, 5.41) is 0. The standard InChI is InChI=1S/C22H28O.C2H6/c1-5-16-11-12-19(17-8-6-9-18(15-17)23-4)20(14-16)21-10-7-13-22(21,2)3;1-2/h6,8-9,11-12,14-15,21H,5,7,10,13H2,1-4H3;1-2H3. The van der Waals surface area contributed by atoms with Crippen LogP contribution in [0.1, 0.15) is 70.9 Å². The van der Waals surface area contributed by atoms with E-state index in [0.717, 1.165) is 12.2 Å². The second-order valence-corrected chi connectivity index (χ2v) is 7.44. The average molecular weight is 339 g/mol. The molecule has 0 saturated heterocycles. The van der Waals surface area contributed by atoms with Gasteiger partial charge in [-0.2, -0.15) is 0 Å². The molecule has 1 atom stereocenters. The summed E-state index contributed by atoms with van der Waals surface area (Å²) in [6.45, 7) is 11.1. The monoisotopic (exact) mass is 338 g/mol. The summed E-state index contributed by atoms with van der Waals surface area (Å²) in [6, 6.07) is 15.5. The molecule has 1 heteroatoms. The van der Waals surface area contributed by atoms with Crippen LogP contribution in [0.5, 0.6) is 5.75 Å². The Morgan fingerprint density at radius 2 is 1.84 bits per heavy atom. The Morgan fingerprint density at radius 3 is 2.44 bits per heavy atom. The van der Waals surface area contributed by atoms with Gasteiger partial charge in [-0.1, -0.05) is 71.4 Å². The quantitative estimate of drug-likeness (QED) is 0.570. The highest BCUT2D eigenvalue weighted by atomic mass is 16.5. The van der Waals surface area contributed by atoms with Crippen LogP contribution in [-0.4, -0.2) is 7.11 Å². The van der Waals surface area contributed by atoms with Crippen LogP contribution in [0.25, 0.3) is 11.1 Å². The molecule has 0 heterocycles. The van der Waals surface area contributed by atoms with Crippen molar-refractivity contribution >= 4 is 0 Å². The van der Waals surface area contributed by atoms with Gasteiger partial charge in [-0.05, 0) is 65.0 Å². The van der Waals surface area contributed by atoms with Crippen molar-refractivity contribution in [1.29, 1.82) is 0 Å². The lowest BCUT2D eigenvalue weighted by atomic mass is 9.75. The van der Waals surface area contributed by atoms with E-state index in [2.05, 4.69) is 57.2 Å². The van der Waals surface area contributed by atoms with Crippen LogP contribution in [0.2, 0.25) is 0 Å². The molecule has 0 spiro atoms. The van der Waals surface area contributed by atoms with Crippen molar-refractivity contribution in [2.24, 2.45) is 5.41 Å². The summed E-state index contributed by atoms with van der Waals surface area (Å²) in [5.41, 5.74) is 6.00. The van der Waals surface area contributed by atoms with Crippen LogP contribution in [-0.2, 0) is 6.42 Å². The van der Waals surface area contributed by atoms with Gasteiger partial charge in [0.15, 0.2) is 0 Å². The first-order valence-corrected chi connectivity index (χ1v) is 9.82. The Bertz CT molecular complexity index is 684. The molecule has 0 bridgehead atoms. The lowest BCUT2D eigenvalue weighted by Gasteiger charge is -2.30. The number of aryl methyl sites for hydroxylation is 1. The number of hydrogen-bond donors (Lipinski definition) is 0. The Hall–Kier alpha value is -1.76. The second-order valence-electron chi connectivity index (χ2n) is 7.44. The van der Waals surface area contributed by atoms with Gasteiger partial charge in [0, 0.05) is 0 Å². The summed E-state index contributed by atoms with van der Waals surface area (Å²) in [6.07, 6.45) is 5.06. The summed E-state index contributed by atoms with van der Waals surface area (Å²) in [4.78, 5) is 0. The third-order valence-electron chi connectivity index (χ3n) is 5.54. The molecule has 0 aliphatic heterocycles. The van der Waals surface area contributed by atoms with Gasteiger partial charge in [-0.3, -0.25) is 0 Å². The predicted octanol–water partition coefficient (Wildman–Crippen LogP) is 7.24. The molecule has 0 N–H and O–H groups in total. The van der Waals surface area contributed by atoms with Crippen LogP contribution >= 0.6 is 0 Å². The van der Waals surface area contributed by atoms with E-state index in [1.165, 1.54) is 41.5 Å². The highest BCUT2D eigenvalue weighted by Gasteiger charge is 2.36. The number of benzene rings is 2. The molecule has 1 aliphatic rings. The molecule has 2 aromatic carbocycles. The van der Waals surface area contributed by atoms with Crippen molar-refractivity contribution in [2.75, 3.05) is 7.11 Å². The highest BCUT2D eigenvalue weighted by molar-refractivity contribution is 5.70. The van der Waals surface area contributed by atoms with Gasteiger partial charge in [0.25, 0.3) is 0 Å². The van der Waals surface area contributed by atoms with E-state index in [1.54, 1.807) is 7.11 Å². The molecule has 1 aliphatic carbocycles. The maximum absolute atomic E-state index is 5.43. The van der Waals surface area contributed by atoms with E-state index in [1.807, 2.05) is 19.9 Å². The lowest BCUT2D eigenvalue weighted by Crippen LogP contribution is -2.16. The first kappa shape index (κ1) is 19.6. The van der Waals surface area contributed by atoms with Crippen LogP contribution < -0.4 is 4.74 Å². The van der Waals surface area contributed by atoms with Gasteiger partial charge in [0.1, 0.15) is 5.75 Å². The van der Waals surface area contributed by atoms with Crippen molar-refractivity contribution in [3.8, 4) is 16.9 Å². The van der Waals surface area contributed by atoms with Crippen molar-refractivity contribution in [3.63, 3.8) is 0 Å². The Morgan fingerprint density at radius 1 is 1.08 bits per heavy atom. The highest BCUT2D eigenvalue weighted by Crippen LogP contribution is 2.51. The van der Waals surface area contributed by atoms with Crippen molar-refractivity contribution < 1.29 is 4.74 Å². The van der Waals surface area contributed by atoms with Gasteiger partial charge in [-0.15, -0.1) is 0 Å². The molecule has 1 fully saturated rings. The van der Waals surface area contributed by atoms with E-state index in [-0.39, 0.29) is 0 Å². The minimum atomic E-state index is 0.389. The van der Waals surface area contributed by atoms with Crippen molar-refractivity contribution in [2.45, 2.75) is 66.2 Å². The molecule has 0 amide bonds. The molecule has 1 saturated carbocycles. The van der Waals surface area contributed by atoms with Crippen molar-refractivity contribution in [3.05, 3.63) is 53.6 Å². The molecule has 3 rings (SSSR count). The fourth-order valence-corrected chi connectivity index (χ4v) is 4.08. The van der Waals surface area contributed by atoms with E-state index in [9.17, 15) is 0 Å². The minimum absolute atomic E-state index is 0.389. The fourth-order valence-electron chi connectivity index (χ4n) is 4.08. The van der Waals surface area contributed by atoms with Crippen LogP contribution in [0.4, 0.5) is 0 Å². The zero-order valence-corrected chi connectivity index (χ0v) is 16.9. The van der Waals surface area contributed by atoms with Crippen LogP contribution in [0, 0.1) is 5.41 Å². The Balaban J connectivity index is 0.00000109. The SMILES string of the molecule is CC.CCc1ccc(-c2cccc(OC)c2)c(C2CCCC2(C)C)c1. The number of ether oxygens (including phenoxy) is 1. The Labute approximate surface area is 154 Å². The third-order valence-corrected chi connectivity index (χ3v) is 5.54. The second kappa shape index (κ2) is 8.56. The van der Waals surface area contributed by atoms with Gasteiger partial charge in [-0.25, -0.2) is 0 Å². The number of methoxy groups -OCH3 is 1. The average Bonchev–Trinajstić information content (AvgIpc) is 3.01. The molecule has 2 aromatic rings. The smallest absolute Gasteiger partial charge is 0.119 e.